The number of anilines is 1. The summed E-state index contributed by atoms with van der Waals surface area (Å²) >= 11 is 0. The number of aryl methyl sites for hydroxylation is 1. The lowest BCUT2D eigenvalue weighted by molar-refractivity contribution is 0.127. The van der Waals surface area contributed by atoms with Gasteiger partial charge < -0.3 is 15.3 Å². The van der Waals surface area contributed by atoms with Gasteiger partial charge in [-0.25, -0.2) is 4.68 Å². The molecule has 0 amide bonds. The number of nitrogens with zero attached hydrogens (tertiary/aromatic N) is 5. The van der Waals surface area contributed by atoms with Gasteiger partial charge in [0.05, 0.1) is 17.8 Å². The van der Waals surface area contributed by atoms with Gasteiger partial charge in [-0.2, -0.15) is 10.2 Å². The van der Waals surface area contributed by atoms with E-state index in [0.717, 1.165) is 63.3 Å². The van der Waals surface area contributed by atoms with Crippen molar-refractivity contribution in [3.63, 3.8) is 0 Å². The number of hydrogen-bond acceptors (Lipinski definition) is 6. The van der Waals surface area contributed by atoms with Crippen LogP contribution in [0.1, 0.15) is 50.3 Å². The van der Waals surface area contributed by atoms with Crippen LogP contribution in [0.2, 0.25) is 0 Å². The maximum Gasteiger partial charge on any atom is 0.267 e. The van der Waals surface area contributed by atoms with Crippen molar-refractivity contribution in [2.45, 2.75) is 63.3 Å². The number of rotatable bonds is 6. The van der Waals surface area contributed by atoms with Crippen molar-refractivity contribution in [3.8, 4) is 0 Å². The van der Waals surface area contributed by atoms with Crippen molar-refractivity contribution in [3.05, 3.63) is 40.4 Å². The number of nitrogens with one attached hydrogen (secondary N) is 1. The smallest absolute Gasteiger partial charge is 0.267 e. The molecular weight excluding hydrogens is 356 g/mol. The molecule has 1 saturated carbocycles. The second-order valence-electron chi connectivity index (χ2n) is 7.96. The Morgan fingerprint density at radius 1 is 1.18 bits per heavy atom. The molecule has 1 aliphatic carbocycles. The molecule has 0 bridgehead atoms. The SMILES string of the molecule is Cn1nccc1CNCC1CCCCN1c1ccc(=O)n(C2CCCC2O)n1. The lowest BCUT2D eigenvalue weighted by Crippen LogP contribution is -2.47. The normalized spacial score (nSPS) is 25.4. The van der Waals surface area contributed by atoms with Crippen LogP contribution in [0.25, 0.3) is 0 Å². The molecule has 28 heavy (non-hydrogen) atoms. The second kappa shape index (κ2) is 8.45. The van der Waals surface area contributed by atoms with Crippen LogP contribution < -0.4 is 15.8 Å². The van der Waals surface area contributed by atoms with Gasteiger partial charge in [-0.05, 0) is 50.7 Å². The van der Waals surface area contributed by atoms with Gasteiger partial charge in [-0.3, -0.25) is 9.48 Å². The Morgan fingerprint density at radius 3 is 2.82 bits per heavy atom. The molecule has 3 atom stereocenters. The molecule has 8 nitrogen and oxygen atoms in total. The molecule has 0 spiro atoms. The first-order valence-electron chi connectivity index (χ1n) is 10.4. The van der Waals surface area contributed by atoms with E-state index in [1.54, 1.807) is 6.07 Å². The highest BCUT2D eigenvalue weighted by Crippen LogP contribution is 2.29. The van der Waals surface area contributed by atoms with Gasteiger partial charge in [0, 0.05) is 45.0 Å². The van der Waals surface area contributed by atoms with Gasteiger partial charge in [-0.15, -0.1) is 0 Å². The number of aromatic nitrogens is 4. The van der Waals surface area contributed by atoms with Gasteiger partial charge in [-0.1, -0.05) is 0 Å². The van der Waals surface area contributed by atoms with Crippen molar-refractivity contribution < 1.29 is 5.11 Å². The Balaban J connectivity index is 1.48. The minimum atomic E-state index is -0.474. The summed E-state index contributed by atoms with van der Waals surface area (Å²) in [5.41, 5.74) is 1.03. The molecular formula is C20H30N6O2. The summed E-state index contributed by atoms with van der Waals surface area (Å²) in [6, 6.07) is 5.60. The molecule has 8 heteroatoms. The van der Waals surface area contributed by atoms with Crippen LogP contribution in [0.15, 0.2) is 29.2 Å². The summed E-state index contributed by atoms with van der Waals surface area (Å²) in [4.78, 5) is 14.7. The fourth-order valence-corrected chi connectivity index (χ4v) is 4.47. The molecule has 2 aromatic heterocycles. The van der Waals surface area contributed by atoms with Crippen LogP contribution >= 0.6 is 0 Å². The van der Waals surface area contributed by atoms with Crippen LogP contribution in [0.5, 0.6) is 0 Å². The minimum Gasteiger partial charge on any atom is -0.391 e. The van der Waals surface area contributed by atoms with E-state index < -0.39 is 6.10 Å². The van der Waals surface area contributed by atoms with Gasteiger partial charge in [0.2, 0.25) is 0 Å². The molecule has 0 radical (unpaired) electrons. The average molecular weight is 387 g/mol. The van der Waals surface area contributed by atoms with E-state index in [-0.39, 0.29) is 11.6 Å². The highest BCUT2D eigenvalue weighted by molar-refractivity contribution is 5.39. The predicted octanol–water partition coefficient (Wildman–Crippen LogP) is 1.21. The van der Waals surface area contributed by atoms with Gasteiger partial charge in [0.15, 0.2) is 0 Å². The summed E-state index contributed by atoms with van der Waals surface area (Å²) in [5, 5.41) is 22.7. The predicted molar refractivity (Wildman–Crippen MR) is 107 cm³/mol. The van der Waals surface area contributed by atoms with E-state index in [2.05, 4.69) is 20.4 Å². The first kappa shape index (κ1) is 19.1. The fourth-order valence-electron chi connectivity index (χ4n) is 4.47. The van der Waals surface area contributed by atoms with Gasteiger partial charge >= 0.3 is 0 Å². The lowest BCUT2D eigenvalue weighted by Gasteiger charge is -2.37. The van der Waals surface area contributed by atoms with E-state index in [0.29, 0.717) is 6.04 Å². The quantitative estimate of drug-likeness (QED) is 0.776. The van der Waals surface area contributed by atoms with E-state index in [1.807, 2.05) is 30.1 Å². The molecule has 3 heterocycles. The van der Waals surface area contributed by atoms with Crippen LogP contribution in [0.3, 0.4) is 0 Å². The fraction of sp³-hybridized carbons (Fsp3) is 0.650. The maximum atomic E-state index is 12.4. The molecule has 2 aliphatic rings. The third-order valence-electron chi connectivity index (χ3n) is 6.10. The topological polar surface area (TPSA) is 88.2 Å². The average Bonchev–Trinajstić information content (AvgIpc) is 3.31. The molecule has 1 saturated heterocycles. The molecule has 2 N–H and O–H groups in total. The first-order valence-corrected chi connectivity index (χ1v) is 10.4. The maximum absolute atomic E-state index is 12.4. The third kappa shape index (κ3) is 3.98. The zero-order valence-corrected chi connectivity index (χ0v) is 16.5. The Hall–Kier alpha value is -2.19. The van der Waals surface area contributed by atoms with E-state index in [1.165, 1.54) is 11.1 Å². The van der Waals surface area contributed by atoms with Crippen molar-refractivity contribution in [1.82, 2.24) is 24.9 Å². The Morgan fingerprint density at radius 2 is 2.07 bits per heavy atom. The molecule has 2 aromatic rings. The molecule has 0 aromatic carbocycles. The standard InChI is InChI=1S/C20H30N6O2/c1-24-15(10-11-22-24)13-21-14-16-5-2-3-12-25(16)19-8-9-20(28)26(23-19)17-6-4-7-18(17)27/h8-11,16-18,21,27H,2-7,12-14H2,1H3. The van der Waals surface area contributed by atoms with E-state index in [9.17, 15) is 9.90 Å². The van der Waals surface area contributed by atoms with Gasteiger partial charge in [0.1, 0.15) is 5.82 Å². The van der Waals surface area contributed by atoms with Crippen LogP contribution in [0, 0.1) is 0 Å². The lowest BCUT2D eigenvalue weighted by atomic mass is 10.0. The Kier molecular flexibility index (Phi) is 5.77. The molecule has 2 fully saturated rings. The monoisotopic (exact) mass is 386 g/mol. The molecule has 1 aliphatic heterocycles. The minimum absolute atomic E-state index is 0.127. The summed E-state index contributed by atoms with van der Waals surface area (Å²) in [6.45, 7) is 2.58. The number of piperidine rings is 1. The Bertz CT molecular complexity index is 847. The van der Waals surface area contributed by atoms with Crippen LogP contribution in [-0.4, -0.2) is 49.9 Å². The third-order valence-corrected chi connectivity index (χ3v) is 6.10. The summed E-state index contributed by atoms with van der Waals surface area (Å²) < 4.78 is 3.40. The van der Waals surface area contributed by atoms with Crippen molar-refractivity contribution in [2.75, 3.05) is 18.0 Å². The Labute approximate surface area is 165 Å². The van der Waals surface area contributed by atoms with Crippen LogP contribution in [0.4, 0.5) is 5.82 Å². The van der Waals surface area contributed by atoms with Crippen LogP contribution in [-0.2, 0) is 13.6 Å². The number of aliphatic hydroxyl groups excluding tert-OH is 1. The first-order chi connectivity index (χ1) is 13.6. The second-order valence-corrected chi connectivity index (χ2v) is 7.96. The summed E-state index contributed by atoms with van der Waals surface area (Å²) in [6.07, 6.45) is 7.27. The van der Waals surface area contributed by atoms with Crippen molar-refractivity contribution in [1.29, 1.82) is 0 Å². The number of aliphatic hydroxyl groups is 1. The molecule has 152 valence electrons. The summed E-state index contributed by atoms with van der Waals surface area (Å²) in [5.74, 6) is 0.839. The zero-order valence-electron chi connectivity index (χ0n) is 16.5. The van der Waals surface area contributed by atoms with Gasteiger partial charge in [0.25, 0.3) is 5.56 Å². The van der Waals surface area contributed by atoms with E-state index >= 15 is 0 Å². The largest absolute Gasteiger partial charge is 0.391 e. The zero-order chi connectivity index (χ0) is 19.5. The molecule has 4 rings (SSSR count). The van der Waals surface area contributed by atoms with Crippen molar-refractivity contribution in [2.24, 2.45) is 7.05 Å². The highest BCUT2D eigenvalue weighted by atomic mass is 16.3. The molecule has 3 unspecified atom stereocenters. The number of hydrogen-bond donors (Lipinski definition) is 2. The highest BCUT2D eigenvalue weighted by Gasteiger charge is 2.30. The summed E-state index contributed by atoms with van der Waals surface area (Å²) in [7, 11) is 1.95. The van der Waals surface area contributed by atoms with E-state index in [4.69, 9.17) is 0 Å². The van der Waals surface area contributed by atoms with Crippen molar-refractivity contribution >= 4 is 5.82 Å².